The molecule has 1 N–H and O–H groups in total. The number of rotatable bonds is 5. The van der Waals surface area contributed by atoms with Crippen molar-refractivity contribution in [2.24, 2.45) is 0 Å². The van der Waals surface area contributed by atoms with Crippen LogP contribution < -0.4 is 10.2 Å². The van der Waals surface area contributed by atoms with Gasteiger partial charge in [-0.1, -0.05) is 32.9 Å². The van der Waals surface area contributed by atoms with Gasteiger partial charge in [-0.3, -0.25) is 4.79 Å². The van der Waals surface area contributed by atoms with E-state index in [-0.39, 0.29) is 17.9 Å². The van der Waals surface area contributed by atoms with Crippen LogP contribution in [-0.2, 0) is 14.9 Å². The molecular weight excluding hydrogens is 314 g/mol. The molecule has 0 saturated heterocycles. The van der Waals surface area contributed by atoms with Gasteiger partial charge in [-0.15, -0.1) is 0 Å². The zero-order valence-electron chi connectivity index (χ0n) is 16.3. The summed E-state index contributed by atoms with van der Waals surface area (Å²) in [5, 5.41) is 5.58. The number of likely N-dealkylation sites (N-methyl/N-ethyl adjacent to an activating group) is 1. The predicted molar refractivity (Wildman–Crippen MR) is 104 cm³/mol. The van der Waals surface area contributed by atoms with Crippen molar-refractivity contribution >= 4 is 28.2 Å². The van der Waals surface area contributed by atoms with Gasteiger partial charge in [0.2, 0.25) is 0 Å². The number of esters is 1. The molecule has 0 atom stereocenters. The second kappa shape index (κ2) is 7.30. The number of nitrogens with one attached hydrogen (secondary N) is 1. The lowest BCUT2D eigenvalue weighted by molar-refractivity contribution is -0.138. The molecule has 0 aliphatic rings. The summed E-state index contributed by atoms with van der Waals surface area (Å²) in [5.41, 5.74) is 2.27. The monoisotopic (exact) mass is 343 g/mol. The van der Waals surface area contributed by atoms with Gasteiger partial charge in [-0.2, -0.15) is 0 Å². The number of nitrogens with zero attached hydrogens (tertiary/aromatic N) is 2. The van der Waals surface area contributed by atoms with E-state index in [1.54, 1.807) is 0 Å². The number of carbonyl (C=O) groups is 1. The fraction of sp³-hybridized carbons (Fsp3) is 0.500. The Labute approximate surface area is 150 Å². The van der Waals surface area contributed by atoms with Gasteiger partial charge in [0.1, 0.15) is 12.4 Å². The quantitative estimate of drug-likeness (QED) is 0.833. The minimum Gasteiger partial charge on any atom is -0.468 e. The van der Waals surface area contributed by atoms with Gasteiger partial charge in [0.25, 0.3) is 0 Å². The Morgan fingerprint density at radius 1 is 1.28 bits per heavy atom. The first-order valence-electron chi connectivity index (χ1n) is 8.61. The molecule has 0 aliphatic heterocycles. The molecule has 2 aromatic rings. The largest absolute Gasteiger partial charge is 0.468 e. The molecule has 5 nitrogen and oxygen atoms in total. The highest BCUT2D eigenvalue weighted by molar-refractivity contribution is 6.01. The Bertz CT molecular complexity index is 763. The Morgan fingerprint density at radius 2 is 1.96 bits per heavy atom. The van der Waals surface area contributed by atoms with Gasteiger partial charge >= 0.3 is 5.97 Å². The summed E-state index contributed by atoms with van der Waals surface area (Å²) in [6.45, 7) is 10.9. The van der Waals surface area contributed by atoms with Crippen LogP contribution >= 0.6 is 0 Å². The highest BCUT2D eigenvalue weighted by Gasteiger charge is 2.19. The molecule has 1 aromatic heterocycles. The summed E-state index contributed by atoms with van der Waals surface area (Å²) in [6.07, 6.45) is 1.84. The molecule has 0 aliphatic carbocycles. The van der Waals surface area contributed by atoms with Gasteiger partial charge in [-0.05, 0) is 30.9 Å². The zero-order chi connectivity index (χ0) is 18.8. The SMILES string of the molecule is COC(=O)CN(C)c1ncc(NC(C)C)c2ccc(C(C)(C)C)cc12. The molecule has 0 spiro atoms. The van der Waals surface area contributed by atoms with Crippen molar-refractivity contribution in [2.75, 3.05) is 30.9 Å². The minimum absolute atomic E-state index is 0.0356. The topological polar surface area (TPSA) is 54.5 Å². The van der Waals surface area contributed by atoms with E-state index in [1.807, 2.05) is 18.1 Å². The van der Waals surface area contributed by atoms with Crippen molar-refractivity contribution in [2.45, 2.75) is 46.1 Å². The second-order valence-corrected chi connectivity index (χ2v) is 7.74. The average molecular weight is 343 g/mol. The first kappa shape index (κ1) is 19.0. The number of benzene rings is 1. The van der Waals surface area contributed by atoms with E-state index in [9.17, 15) is 4.79 Å². The molecule has 25 heavy (non-hydrogen) atoms. The van der Waals surface area contributed by atoms with Crippen LogP contribution in [0.5, 0.6) is 0 Å². The van der Waals surface area contributed by atoms with Crippen LogP contribution in [0.4, 0.5) is 11.5 Å². The van der Waals surface area contributed by atoms with E-state index in [4.69, 9.17) is 4.74 Å². The summed E-state index contributed by atoms with van der Waals surface area (Å²) in [7, 11) is 3.26. The third kappa shape index (κ3) is 4.41. The van der Waals surface area contributed by atoms with Crippen LogP contribution in [0.3, 0.4) is 0 Å². The molecule has 0 bridgehead atoms. The number of aromatic nitrogens is 1. The van der Waals surface area contributed by atoms with Crippen molar-refractivity contribution in [3.63, 3.8) is 0 Å². The second-order valence-electron chi connectivity index (χ2n) is 7.74. The van der Waals surface area contributed by atoms with Crippen LogP contribution in [0.2, 0.25) is 0 Å². The van der Waals surface area contributed by atoms with E-state index in [2.05, 4.69) is 63.1 Å². The first-order chi connectivity index (χ1) is 11.6. The third-order valence-corrected chi connectivity index (χ3v) is 4.13. The summed E-state index contributed by atoms with van der Waals surface area (Å²) >= 11 is 0. The van der Waals surface area contributed by atoms with Crippen LogP contribution in [0.25, 0.3) is 10.8 Å². The summed E-state index contributed by atoms with van der Waals surface area (Å²) in [6, 6.07) is 6.79. The number of pyridine rings is 1. The zero-order valence-corrected chi connectivity index (χ0v) is 16.3. The molecule has 5 heteroatoms. The molecule has 2 rings (SSSR count). The molecule has 0 radical (unpaired) electrons. The fourth-order valence-corrected chi connectivity index (χ4v) is 2.76. The number of ether oxygens (including phenoxy) is 1. The van der Waals surface area contributed by atoms with Crippen LogP contribution in [-0.4, -0.2) is 37.7 Å². The smallest absolute Gasteiger partial charge is 0.325 e. The summed E-state index contributed by atoms with van der Waals surface area (Å²) in [5.74, 6) is 0.495. The maximum absolute atomic E-state index is 11.7. The van der Waals surface area contributed by atoms with Gasteiger partial charge in [0, 0.05) is 23.9 Å². The van der Waals surface area contributed by atoms with Gasteiger partial charge in [0.15, 0.2) is 0 Å². The fourth-order valence-electron chi connectivity index (χ4n) is 2.76. The maximum atomic E-state index is 11.7. The van der Waals surface area contributed by atoms with E-state index < -0.39 is 0 Å². The molecule has 136 valence electrons. The number of methoxy groups -OCH3 is 1. The van der Waals surface area contributed by atoms with Crippen molar-refractivity contribution < 1.29 is 9.53 Å². The van der Waals surface area contributed by atoms with E-state index >= 15 is 0 Å². The molecule has 0 fully saturated rings. The van der Waals surface area contributed by atoms with Crippen LogP contribution in [0, 0.1) is 0 Å². The summed E-state index contributed by atoms with van der Waals surface area (Å²) in [4.78, 5) is 18.1. The molecule has 0 saturated carbocycles. The van der Waals surface area contributed by atoms with Crippen LogP contribution in [0.15, 0.2) is 24.4 Å². The predicted octanol–water partition coefficient (Wildman–Crippen LogP) is 3.96. The van der Waals surface area contributed by atoms with Gasteiger partial charge in [-0.25, -0.2) is 4.98 Å². The molecular formula is C20H29N3O2. The highest BCUT2D eigenvalue weighted by Crippen LogP contribution is 2.34. The average Bonchev–Trinajstić information content (AvgIpc) is 2.53. The third-order valence-electron chi connectivity index (χ3n) is 4.13. The number of carbonyl (C=O) groups excluding carboxylic acids is 1. The number of fused-ring (bicyclic) bond motifs is 1. The highest BCUT2D eigenvalue weighted by atomic mass is 16.5. The standard InChI is InChI=1S/C20H29N3O2/c1-13(2)22-17-11-21-19(23(6)12-18(24)25-7)16-10-14(20(3,4)5)8-9-15(16)17/h8-11,13,22H,12H2,1-7H3. The molecule has 0 unspecified atom stereocenters. The van der Waals surface area contributed by atoms with Crippen molar-refractivity contribution in [1.29, 1.82) is 0 Å². The Hall–Kier alpha value is -2.30. The molecule has 0 amide bonds. The Balaban J connectivity index is 2.62. The van der Waals surface area contributed by atoms with Crippen molar-refractivity contribution in [3.05, 3.63) is 30.0 Å². The molecule has 1 heterocycles. The number of hydrogen-bond donors (Lipinski definition) is 1. The maximum Gasteiger partial charge on any atom is 0.325 e. The molecule has 1 aromatic carbocycles. The van der Waals surface area contributed by atoms with Crippen LogP contribution in [0.1, 0.15) is 40.2 Å². The number of hydrogen-bond acceptors (Lipinski definition) is 5. The Kier molecular flexibility index (Phi) is 5.55. The van der Waals surface area contributed by atoms with E-state index in [1.165, 1.54) is 12.7 Å². The first-order valence-corrected chi connectivity index (χ1v) is 8.61. The Morgan fingerprint density at radius 3 is 2.52 bits per heavy atom. The van der Waals surface area contributed by atoms with Crippen molar-refractivity contribution in [3.8, 4) is 0 Å². The lowest BCUT2D eigenvalue weighted by Crippen LogP contribution is -2.27. The summed E-state index contributed by atoms with van der Waals surface area (Å²) < 4.78 is 4.79. The van der Waals surface area contributed by atoms with Gasteiger partial charge in [0.05, 0.1) is 19.0 Å². The lowest BCUT2D eigenvalue weighted by Gasteiger charge is -2.24. The van der Waals surface area contributed by atoms with Crippen molar-refractivity contribution in [1.82, 2.24) is 4.98 Å². The van der Waals surface area contributed by atoms with Gasteiger partial charge < -0.3 is 15.0 Å². The minimum atomic E-state index is -0.284. The lowest BCUT2D eigenvalue weighted by atomic mass is 9.86. The normalized spacial score (nSPS) is 11.7. The van der Waals surface area contributed by atoms with E-state index in [0.29, 0.717) is 6.04 Å². The van der Waals surface area contributed by atoms with E-state index in [0.717, 1.165) is 22.3 Å². The number of anilines is 2.